The summed E-state index contributed by atoms with van der Waals surface area (Å²) in [6.07, 6.45) is 0.835. The third-order valence-corrected chi connectivity index (χ3v) is 5.59. The van der Waals surface area contributed by atoms with Crippen LogP contribution in [-0.4, -0.2) is 42.8 Å². The third kappa shape index (κ3) is 5.44. The Morgan fingerprint density at radius 3 is 2.18 bits per heavy atom. The Labute approximate surface area is 197 Å². The number of Topliss-reactive ketones (excluding diaryl/α,β-unsaturated/α-hetero) is 1. The van der Waals surface area contributed by atoms with Crippen molar-refractivity contribution < 1.29 is 23.9 Å². The monoisotopic (exact) mass is 456 g/mol. The summed E-state index contributed by atoms with van der Waals surface area (Å²) in [6.45, 7) is 0.206. The number of imide groups is 1. The van der Waals surface area contributed by atoms with Crippen LogP contribution in [0, 0.1) is 0 Å². The van der Waals surface area contributed by atoms with Crippen LogP contribution in [0.25, 0.3) is 0 Å². The summed E-state index contributed by atoms with van der Waals surface area (Å²) in [6, 6.07) is 23.9. The number of carbonyl (C=O) groups is 4. The maximum Gasteiger partial charge on any atom is 0.338 e. The van der Waals surface area contributed by atoms with Gasteiger partial charge in [-0.25, -0.2) is 9.69 Å². The molecular weight excluding hydrogens is 432 g/mol. The normalized spacial score (nSPS) is 15.4. The standard InChI is InChI=1S/C27H24N2O5/c30-24(20-9-5-2-6-10-20)18-34-27(33)21-11-13-22(14-12-21)29-25(31)17-23(26(29)32)28-16-15-19-7-3-1-4-8-19/h1-14,23,28H,15-18H2. The maximum atomic E-state index is 12.8. The van der Waals surface area contributed by atoms with Crippen LogP contribution < -0.4 is 10.2 Å². The lowest BCUT2D eigenvalue weighted by atomic mass is 10.1. The SMILES string of the molecule is O=C(COC(=O)c1ccc(N2C(=O)CC(NCCc3ccccc3)C2=O)cc1)c1ccccc1. The maximum absolute atomic E-state index is 12.8. The molecule has 1 heterocycles. The Balaban J connectivity index is 1.31. The van der Waals surface area contributed by atoms with Crippen LogP contribution in [0.1, 0.15) is 32.7 Å². The number of benzene rings is 3. The van der Waals surface area contributed by atoms with Crippen molar-refractivity contribution in [2.75, 3.05) is 18.1 Å². The molecule has 1 aliphatic rings. The Kier molecular flexibility index (Phi) is 7.25. The zero-order valence-corrected chi connectivity index (χ0v) is 18.5. The largest absolute Gasteiger partial charge is 0.454 e. The summed E-state index contributed by atoms with van der Waals surface area (Å²) < 4.78 is 5.10. The highest BCUT2D eigenvalue weighted by Crippen LogP contribution is 2.23. The molecule has 4 rings (SSSR count). The van der Waals surface area contributed by atoms with E-state index < -0.39 is 12.0 Å². The average molecular weight is 456 g/mol. The molecule has 0 bridgehead atoms. The highest BCUT2D eigenvalue weighted by Gasteiger charge is 2.39. The molecular formula is C27H24N2O5. The molecule has 1 fully saturated rings. The Hall–Kier alpha value is -4.10. The van der Waals surface area contributed by atoms with Gasteiger partial charge in [-0.15, -0.1) is 0 Å². The van der Waals surface area contributed by atoms with Crippen molar-refractivity contribution in [3.8, 4) is 0 Å². The molecule has 172 valence electrons. The van der Waals surface area contributed by atoms with E-state index in [1.54, 1.807) is 30.3 Å². The molecule has 2 amide bonds. The molecule has 1 atom stereocenters. The first-order chi connectivity index (χ1) is 16.5. The second kappa shape index (κ2) is 10.7. The lowest BCUT2D eigenvalue weighted by Gasteiger charge is -2.16. The van der Waals surface area contributed by atoms with E-state index in [-0.39, 0.29) is 36.2 Å². The predicted octanol–water partition coefficient (Wildman–Crippen LogP) is 3.19. The minimum atomic E-state index is -0.657. The zero-order chi connectivity index (χ0) is 23.9. The van der Waals surface area contributed by atoms with Gasteiger partial charge in [0.05, 0.1) is 23.7 Å². The highest BCUT2D eigenvalue weighted by molar-refractivity contribution is 6.22. The minimum Gasteiger partial charge on any atom is -0.454 e. The molecule has 0 saturated carbocycles. The lowest BCUT2D eigenvalue weighted by Crippen LogP contribution is -2.39. The number of hydrogen-bond acceptors (Lipinski definition) is 6. The zero-order valence-electron chi connectivity index (χ0n) is 18.5. The van der Waals surface area contributed by atoms with Crippen molar-refractivity contribution in [3.05, 3.63) is 102 Å². The van der Waals surface area contributed by atoms with E-state index in [4.69, 9.17) is 4.74 Å². The molecule has 0 aliphatic carbocycles. The van der Waals surface area contributed by atoms with Crippen molar-refractivity contribution in [3.63, 3.8) is 0 Å². The van der Waals surface area contributed by atoms with Gasteiger partial charge in [-0.1, -0.05) is 60.7 Å². The fraction of sp³-hybridized carbons (Fsp3) is 0.185. The van der Waals surface area contributed by atoms with Crippen LogP contribution in [0.4, 0.5) is 5.69 Å². The predicted molar refractivity (Wildman–Crippen MR) is 127 cm³/mol. The number of anilines is 1. The first kappa shape index (κ1) is 23.1. The number of rotatable bonds is 9. The van der Waals surface area contributed by atoms with Gasteiger partial charge in [-0.3, -0.25) is 14.4 Å². The Morgan fingerprint density at radius 2 is 1.50 bits per heavy atom. The number of esters is 1. The van der Waals surface area contributed by atoms with Gasteiger partial charge >= 0.3 is 5.97 Å². The van der Waals surface area contributed by atoms with Crippen molar-refractivity contribution >= 4 is 29.3 Å². The van der Waals surface area contributed by atoms with E-state index in [1.165, 1.54) is 24.3 Å². The van der Waals surface area contributed by atoms with Crippen LogP contribution in [-0.2, 0) is 20.7 Å². The van der Waals surface area contributed by atoms with Gasteiger partial charge in [-0.05, 0) is 42.8 Å². The molecule has 1 unspecified atom stereocenters. The summed E-state index contributed by atoms with van der Waals surface area (Å²) in [5.41, 5.74) is 2.22. The van der Waals surface area contributed by atoms with E-state index in [1.807, 2.05) is 30.3 Å². The van der Waals surface area contributed by atoms with Crippen molar-refractivity contribution in [1.82, 2.24) is 5.32 Å². The molecule has 7 heteroatoms. The average Bonchev–Trinajstić information content (AvgIpc) is 3.16. The first-order valence-corrected chi connectivity index (χ1v) is 11.0. The van der Waals surface area contributed by atoms with Crippen molar-refractivity contribution in [2.45, 2.75) is 18.9 Å². The first-order valence-electron chi connectivity index (χ1n) is 11.0. The smallest absolute Gasteiger partial charge is 0.338 e. The van der Waals surface area contributed by atoms with Crippen LogP contribution in [0.2, 0.25) is 0 Å². The number of carbonyl (C=O) groups excluding carboxylic acids is 4. The molecule has 0 spiro atoms. The number of ether oxygens (including phenoxy) is 1. The number of ketones is 1. The number of amides is 2. The fourth-order valence-corrected chi connectivity index (χ4v) is 3.77. The van der Waals surface area contributed by atoms with Gasteiger partial charge in [0.2, 0.25) is 5.91 Å². The molecule has 7 nitrogen and oxygen atoms in total. The molecule has 3 aromatic rings. The number of nitrogens with zero attached hydrogens (tertiary/aromatic N) is 1. The van der Waals surface area contributed by atoms with Crippen molar-refractivity contribution in [2.24, 2.45) is 0 Å². The van der Waals surface area contributed by atoms with E-state index in [2.05, 4.69) is 5.32 Å². The number of hydrogen-bond donors (Lipinski definition) is 1. The molecule has 1 saturated heterocycles. The summed E-state index contributed by atoms with van der Waals surface area (Å²) in [5.74, 6) is -1.58. The summed E-state index contributed by atoms with van der Waals surface area (Å²) >= 11 is 0. The topological polar surface area (TPSA) is 92.8 Å². The molecule has 34 heavy (non-hydrogen) atoms. The molecule has 0 radical (unpaired) electrons. The van der Waals surface area contributed by atoms with Crippen LogP contribution >= 0.6 is 0 Å². The summed E-state index contributed by atoms with van der Waals surface area (Å²) in [4.78, 5) is 50.8. The van der Waals surface area contributed by atoms with Gasteiger partial charge in [0.25, 0.3) is 5.91 Å². The van der Waals surface area contributed by atoms with Gasteiger partial charge in [0.15, 0.2) is 12.4 Å². The minimum absolute atomic E-state index is 0.0824. The Morgan fingerprint density at radius 1 is 0.853 bits per heavy atom. The van der Waals surface area contributed by atoms with Crippen LogP contribution in [0.3, 0.4) is 0 Å². The van der Waals surface area contributed by atoms with Gasteiger partial charge < -0.3 is 10.1 Å². The summed E-state index contributed by atoms with van der Waals surface area (Å²) in [5, 5.41) is 3.16. The second-order valence-corrected chi connectivity index (χ2v) is 7.93. The van der Waals surface area contributed by atoms with E-state index in [9.17, 15) is 19.2 Å². The highest BCUT2D eigenvalue weighted by atomic mass is 16.5. The molecule has 1 aliphatic heterocycles. The van der Waals surface area contributed by atoms with Crippen LogP contribution in [0.5, 0.6) is 0 Å². The quantitative estimate of drug-likeness (QED) is 0.302. The van der Waals surface area contributed by atoms with E-state index >= 15 is 0 Å². The van der Waals surface area contributed by atoms with Gasteiger partial charge in [0, 0.05) is 5.56 Å². The molecule has 0 aromatic heterocycles. The fourth-order valence-electron chi connectivity index (χ4n) is 3.77. The lowest BCUT2D eigenvalue weighted by molar-refractivity contribution is -0.121. The van der Waals surface area contributed by atoms with Gasteiger partial charge in [-0.2, -0.15) is 0 Å². The van der Waals surface area contributed by atoms with Gasteiger partial charge in [0.1, 0.15) is 0 Å². The van der Waals surface area contributed by atoms with Crippen molar-refractivity contribution in [1.29, 1.82) is 0 Å². The van der Waals surface area contributed by atoms with E-state index in [0.29, 0.717) is 17.8 Å². The summed E-state index contributed by atoms with van der Waals surface area (Å²) in [7, 11) is 0. The molecule has 3 aromatic carbocycles. The second-order valence-electron chi connectivity index (χ2n) is 7.93. The Bertz CT molecular complexity index is 1180. The van der Waals surface area contributed by atoms with E-state index in [0.717, 1.165) is 16.9 Å². The third-order valence-electron chi connectivity index (χ3n) is 5.59. The number of nitrogens with one attached hydrogen (secondary N) is 1. The molecule has 1 N–H and O–H groups in total. The van der Waals surface area contributed by atoms with Crippen LogP contribution in [0.15, 0.2) is 84.9 Å².